The minimum absolute atomic E-state index is 0.0360. The van der Waals surface area contributed by atoms with Gasteiger partial charge in [-0.3, -0.25) is 0 Å². The summed E-state index contributed by atoms with van der Waals surface area (Å²) in [4.78, 5) is 22.0. The fraction of sp³-hybridized carbons (Fsp3) is 0.419. The topological polar surface area (TPSA) is 48.9 Å². The molecule has 0 N–H and O–H groups in total. The van der Waals surface area contributed by atoms with Crippen LogP contribution in [-0.4, -0.2) is 56.5 Å². The number of alkyl halides is 8. The number of aromatic nitrogens is 1. The number of hydrogen-bond donors (Lipinski definition) is 0. The molecule has 0 bridgehead atoms. The molecule has 0 saturated carbocycles. The Morgan fingerprint density at radius 2 is 1.56 bits per heavy atom. The SMILES string of the molecule is Cc1cc(F)ccc1-c1cc(N2CCN3CCOCI3C2)ncc1N(C)C(=O)C(C)(C)c1cc(C(F)(F)F)cc(C(F)(F)F)c1. The summed E-state index contributed by atoms with van der Waals surface area (Å²) in [5.74, 6) is -0.567. The van der Waals surface area contributed by atoms with Crippen molar-refractivity contribution >= 4 is 37.5 Å². The Morgan fingerprint density at radius 3 is 2.18 bits per heavy atom. The third kappa shape index (κ3) is 6.92. The molecule has 2 fully saturated rings. The van der Waals surface area contributed by atoms with E-state index in [9.17, 15) is 35.5 Å². The molecular formula is C31H32F7IN4O2. The molecule has 14 heteroatoms. The average Bonchev–Trinajstić information content (AvgIpc) is 2.98. The number of carbonyl (C=O) groups is 1. The molecule has 0 atom stereocenters. The first-order valence-electron chi connectivity index (χ1n) is 14.0. The summed E-state index contributed by atoms with van der Waals surface area (Å²) in [6.07, 6.45) is -8.65. The monoisotopic (exact) mass is 752 g/mol. The van der Waals surface area contributed by atoms with Gasteiger partial charge in [0.05, 0.1) is 0 Å². The van der Waals surface area contributed by atoms with Crippen molar-refractivity contribution in [2.45, 2.75) is 38.5 Å². The van der Waals surface area contributed by atoms with Crippen LogP contribution in [-0.2, 0) is 27.3 Å². The number of anilines is 2. The van der Waals surface area contributed by atoms with Crippen LogP contribution in [0.5, 0.6) is 0 Å². The molecule has 2 saturated heterocycles. The van der Waals surface area contributed by atoms with Crippen LogP contribution < -0.4 is 9.80 Å². The normalized spacial score (nSPS) is 17.3. The summed E-state index contributed by atoms with van der Waals surface area (Å²) in [5, 5.41) is 0. The Labute approximate surface area is 263 Å². The number of amides is 1. The van der Waals surface area contributed by atoms with Crippen LogP contribution in [0.2, 0.25) is 0 Å². The van der Waals surface area contributed by atoms with E-state index in [2.05, 4.69) is 13.0 Å². The number of halogens is 8. The van der Waals surface area contributed by atoms with E-state index in [1.165, 1.54) is 44.1 Å². The summed E-state index contributed by atoms with van der Waals surface area (Å²) < 4.78 is 106. The van der Waals surface area contributed by atoms with Crippen molar-refractivity contribution in [1.82, 2.24) is 8.10 Å². The van der Waals surface area contributed by atoms with E-state index in [1.807, 2.05) is 0 Å². The van der Waals surface area contributed by atoms with Gasteiger partial charge in [0.25, 0.3) is 0 Å². The fourth-order valence-corrected chi connectivity index (χ4v) is 10.7. The van der Waals surface area contributed by atoms with Gasteiger partial charge in [-0.2, -0.15) is 26.3 Å². The maximum absolute atomic E-state index is 14.1. The molecule has 0 aliphatic carbocycles. The molecule has 2 aliphatic rings. The Morgan fingerprint density at radius 1 is 0.911 bits per heavy atom. The second-order valence-corrected chi connectivity index (χ2v) is 16.7. The zero-order chi connectivity index (χ0) is 32.9. The van der Waals surface area contributed by atoms with Gasteiger partial charge >= 0.3 is 232 Å². The van der Waals surface area contributed by atoms with Gasteiger partial charge in [0.15, 0.2) is 0 Å². The van der Waals surface area contributed by atoms with Crippen molar-refractivity contribution in [3.8, 4) is 11.1 Å². The van der Waals surface area contributed by atoms with Crippen LogP contribution in [0.3, 0.4) is 0 Å². The van der Waals surface area contributed by atoms with Crippen molar-refractivity contribution in [3.63, 3.8) is 0 Å². The molecule has 6 nitrogen and oxygen atoms in total. The third-order valence-electron chi connectivity index (χ3n) is 8.10. The molecule has 2 aromatic carbocycles. The van der Waals surface area contributed by atoms with Gasteiger partial charge in [0, 0.05) is 0 Å². The van der Waals surface area contributed by atoms with Gasteiger partial charge in [0.2, 0.25) is 0 Å². The Bertz CT molecular complexity index is 1560. The number of nitrogens with zero attached hydrogens (tertiary/aromatic N) is 4. The van der Waals surface area contributed by atoms with Crippen molar-refractivity contribution in [2.24, 2.45) is 0 Å². The number of aryl methyl sites for hydroxylation is 1. The second-order valence-electron chi connectivity index (χ2n) is 11.5. The minimum atomic E-state index is -5.06. The number of benzene rings is 2. The number of hydrogen-bond acceptors (Lipinski definition) is 5. The van der Waals surface area contributed by atoms with E-state index in [0.717, 1.165) is 28.8 Å². The molecule has 1 aromatic heterocycles. The third-order valence-corrected chi connectivity index (χ3v) is 13.8. The molecule has 3 aromatic rings. The van der Waals surface area contributed by atoms with Crippen molar-refractivity contribution in [2.75, 3.05) is 52.3 Å². The summed E-state index contributed by atoms with van der Waals surface area (Å²) in [6.45, 7) is 7.48. The number of ether oxygens (including phenoxy) is 1. The molecule has 0 spiro atoms. The molecule has 244 valence electrons. The molecule has 5 rings (SSSR count). The zero-order valence-corrected chi connectivity index (χ0v) is 27.1. The average molecular weight is 753 g/mol. The van der Waals surface area contributed by atoms with Crippen LogP contribution in [0.15, 0.2) is 48.7 Å². The Hall–Kier alpha value is -2.98. The molecule has 0 unspecified atom stereocenters. The van der Waals surface area contributed by atoms with Crippen LogP contribution in [0.4, 0.5) is 42.2 Å². The van der Waals surface area contributed by atoms with Gasteiger partial charge in [0.1, 0.15) is 0 Å². The molecule has 3 heterocycles. The molecule has 0 radical (unpaired) electrons. The van der Waals surface area contributed by atoms with Gasteiger partial charge < -0.3 is 0 Å². The van der Waals surface area contributed by atoms with Gasteiger partial charge in [-0.15, -0.1) is 0 Å². The van der Waals surface area contributed by atoms with Crippen LogP contribution in [0, 0.1) is 12.7 Å². The number of fused-ring (bicyclic) bond motifs is 1. The van der Waals surface area contributed by atoms with Gasteiger partial charge in [-0.1, -0.05) is 0 Å². The van der Waals surface area contributed by atoms with E-state index >= 15 is 0 Å². The van der Waals surface area contributed by atoms with Gasteiger partial charge in [-0.05, 0) is 6.07 Å². The van der Waals surface area contributed by atoms with E-state index in [4.69, 9.17) is 4.74 Å². The van der Waals surface area contributed by atoms with Crippen molar-refractivity contribution in [3.05, 3.63) is 76.7 Å². The first kappa shape index (κ1) is 33.4. The summed E-state index contributed by atoms with van der Waals surface area (Å²) in [5.41, 5.74) is -3.29. The second kappa shape index (κ2) is 12.3. The number of rotatable bonds is 5. The standard InChI is InChI=1S/C31H32F7IN4O2/c1-19-11-23(32)5-6-24(19)25-15-27(42-7-8-43-9-10-45-18-39(43)17-42)40-16-26(25)41(4)28(44)29(2,3)20-12-21(30(33,34)35)14-22(13-20)31(36,37)38/h5-6,11-16H,7-10,17-18H2,1-4H3. The predicted molar refractivity (Wildman–Crippen MR) is 166 cm³/mol. The predicted octanol–water partition coefficient (Wildman–Crippen LogP) is 7.66. The fourth-order valence-electron chi connectivity index (χ4n) is 5.46. The van der Waals surface area contributed by atoms with Crippen LogP contribution >= 0.6 is 20.1 Å². The zero-order valence-electron chi connectivity index (χ0n) is 25.0. The van der Waals surface area contributed by atoms with Crippen LogP contribution in [0.1, 0.15) is 36.1 Å². The molecule has 45 heavy (non-hydrogen) atoms. The Kier molecular flexibility index (Phi) is 9.14. The summed E-state index contributed by atoms with van der Waals surface area (Å²) in [7, 11) is 1.40. The van der Waals surface area contributed by atoms with Gasteiger partial charge in [-0.25, -0.2) is 0 Å². The van der Waals surface area contributed by atoms with Crippen molar-refractivity contribution in [1.29, 1.82) is 0 Å². The first-order chi connectivity index (χ1) is 21.0. The van der Waals surface area contributed by atoms with E-state index < -0.39 is 66.3 Å². The first-order valence-corrected chi connectivity index (χ1v) is 18.0. The molecule has 2 aliphatic heterocycles. The molecule has 1 amide bonds. The number of pyridine rings is 1. The van der Waals surface area contributed by atoms with Crippen LogP contribution in [0.25, 0.3) is 11.1 Å². The molecular weight excluding hydrogens is 720 g/mol. The quantitative estimate of drug-likeness (QED) is 0.0882. The van der Waals surface area contributed by atoms with Crippen molar-refractivity contribution < 1.29 is 40.3 Å². The van der Waals surface area contributed by atoms with E-state index in [1.54, 1.807) is 19.1 Å². The van der Waals surface area contributed by atoms with E-state index in [-0.39, 0.29) is 11.8 Å². The number of carbonyl (C=O) groups excluding carboxylic acids is 1. The van der Waals surface area contributed by atoms with E-state index in [0.29, 0.717) is 41.2 Å². The maximum atomic E-state index is 14.1. The number of likely N-dealkylation sites (N-methyl/N-ethyl adjacent to an activating group) is 1. The summed E-state index contributed by atoms with van der Waals surface area (Å²) >= 11 is -1.58. The summed E-state index contributed by atoms with van der Waals surface area (Å²) in [6, 6.07) is 7.19. The Balaban J connectivity index is 1.56.